The highest BCUT2D eigenvalue weighted by Crippen LogP contribution is 2.30. The van der Waals surface area contributed by atoms with E-state index >= 15 is 0 Å². The van der Waals surface area contributed by atoms with E-state index in [1.54, 1.807) is 0 Å². The van der Waals surface area contributed by atoms with Gasteiger partial charge in [0.2, 0.25) is 0 Å². The lowest BCUT2D eigenvalue weighted by atomic mass is 9.91. The van der Waals surface area contributed by atoms with Crippen LogP contribution in [-0.4, -0.2) is 58.3 Å². The van der Waals surface area contributed by atoms with E-state index < -0.39 is 0 Å². The molecule has 0 atom stereocenters. The molecule has 0 aromatic carbocycles. The van der Waals surface area contributed by atoms with E-state index in [0.717, 1.165) is 89.0 Å². The summed E-state index contributed by atoms with van der Waals surface area (Å²) in [6.45, 7) is 27.2. The highest BCUT2D eigenvalue weighted by Gasteiger charge is 2.19. The van der Waals surface area contributed by atoms with E-state index in [1.807, 2.05) is 31.5 Å². The van der Waals surface area contributed by atoms with Gasteiger partial charge in [0.15, 0.2) is 5.65 Å². The largest absolute Gasteiger partial charge is 0.359 e. The average molecular weight is 553 g/mol. The maximum absolute atomic E-state index is 4.69. The number of hydrogen-bond acceptors (Lipinski definition) is 7. The normalized spacial score (nSPS) is 15.2. The van der Waals surface area contributed by atoms with Crippen LogP contribution in [0, 0.1) is 12.3 Å². The lowest BCUT2D eigenvalue weighted by Gasteiger charge is -2.34. The van der Waals surface area contributed by atoms with E-state index in [4.69, 9.17) is 4.98 Å². The first-order valence-electron chi connectivity index (χ1n) is 14.1. The minimum Gasteiger partial charge on any atom is -0.359 e. The molecule has 0 saturated carbocycles. The molecule has 3 aromatic rings. The first-order valence-corrected chi connectivity index (χ1v) is 14.1. The van der Waals surface area contributed by atoms with Crippen LogP contribution in [0.25, 0.3) is 22.3 Å². The van der Waals surface area contributed by atoms with Crippen LogP contribution in [0.4, 0.5) is 11.5 Å². The van der Waals surface area contributed by atoms with Gasteiger partial charge >= 0.3 is 0 Å². The van der Waals surface area contributed by atoms with Crippen molar-refractivity contribution in [2.75, 3.05) is 43.4 Å². The zero-order valence-electron chi connectivity index (χ0n) is 25.4. The van der Waals surface area contributed by atoms with Crippen molar-refractivity contribution in [1.29, 1.82) is 0 Å². The monoisotopic (exact) mass is 552 g/mol. The summed E-state index contributed by atoms with van der Waals surface area (Å²) in [5, 5.41) is 15.4. The van der Waals surface area contributed by atoms with Crippen LogP contribution in [0.1, 0.15) is 50.9 Å². The number of hydrogen-bond donors (Lipinski definition) is 3. The van der Waals surface area contributed by atoms with Gasteiger partial charge in [0.05, 0.1) is 11.4 Å². The van der Waals surface area contributed by atoms with E-state index in [2.05, 4.69) is 108 Å². The maximum atomic E-state index is 4.69. The Balaban J connectivity index is 1.57. The van der Waals surface area contributed by atoms with Crippen LogP contribution in [0.3, 0.4) is 0 Å². The predicted octanol–water partition coefficient (Wildman–Crippen LogP) is 6.51. The van der Waals surface area contributed by atoms with Gasteiger partial charge in [-0.25, -0.2) is 9.97 Å². The fourth-order valence-electron chi connectivity index (χ4n) is 5.05. The van der Waals surface area contributed by atoms with Crippen LogP contribution in [0.2, 0.25) is 0 Å². The molecule has 3 aromatic heterocycles. The molecule has 0 spiro atoms. The number of pyridine rings is 2. The van der Waals surface area contributed by atoms with Gasteiger partial charge in [-0.2, -0.15) is 5.10 Å². The molecule has 41 heavy (non-hydrogen) atoms. The summed E-state index contributed by atoms with van der Waals surface area (Å²) in [6.07, 6.45) is 10.5. The Morgan fingerprint density at radius 1 is 1.15 bits per heavy atom. The zero-order valence-corrected chi connectivity index (χ0v) is 25.4. The van der Waals surface area contributed by atoms with E-state index in [9.17, 15) is 0 Å². The zero-order chi connectivity index (χ0) is 29.7. The Labute approximate surface area is 244 Å². The highest BCUT2D eigenvalue weighted by molar-refractivity contribution is 5.93. The number of rotatable bonds is 10. The van der Waals surface area contributed by atoms with E-state index in [0.29, 0.717) is 5.65 Å². The molecule has 1 aliphatic heterocycles. The minimum absolute atomic E-state index is 0.143. The van der Waals surface area contributed by atoms with Gasteiger partial charge in [-0.1, -0.05) is 46.6 Å². The lowest BCUT2D eigenvalue weighted by Crippen LogP contribution is -2.45. The second-order valence-electron chi connectivity index (χ2n) is 11.9. The van der Waals surface area contributed by atoms with Crippen molar-refractivity contribution in [1.82, 2.24) is 30.4 Å². The van der Waals surface area contributed by atoms with Gasteiger partial charge in [-0.15, -0.1) is 0 Å². The summed E-state index contributed by atoms with van der Waals surface area (Å²) in [6, 6.07) is 4.09. The van der Waals surface area contributed by atoms with E-state index in [1.165, 1.54) is 0 Å². The summed E-state index contributed by atoms with van der Waals surface area (Å²) in [5.41, 5.74) is 8.18. The number of H-pyrrole nitrogens is 1. The number of allylic oxidation sites excluding steroid dienone is 5. The van der Waals surface area contributed by atoms with Crippen molar-refractivity contribution in [3.05, 3.63) is 90.7 Å². The average Bonchev–Trinajstić information content (AvgIpc) is 3.35. The van der Waals surface area contributed by atoms with Crippen molar-refractivity contribution in [2.24, 2.45) is 5.41 Å². The van der Waals surface area contributed by atoms with Gasteiger partial charge < -0.3 is 20.4 Å². The quantitative estimate of drug-likeness (QED) is 0.247. The Morgan fingerprint density at radius 2 is 1.88 bits per heavy atom. The Morgan fingerprint density at radius 3 is 2.54 bits per heavy atom. The number of aromatic amines is 1. The number of nitrogens with zero attached hydrogens (tertiary/aromatic N) is 5. The number of nitrogens with one attached hydrogen (secondary N) is 3. The molecule has 3 N–H and O–H groups in total. The summed E-state index contributed by atoms with van der Waals surface area (Å²) in [4.78, 5) is 14.0. The standard InChI is InChI=1S/C33H44N8/c1-10-25(18-27(11-2)36-22(3)20-33(6,7)8)26-19-28-30(38-39-31(28)35-21-26)24(5)37-29-12-13-34-32(23(29)4)41-16-14-40(9)15-17-41/h10-13,18-19,21,36H,2-3,5,14-17,20H2,1,4,6-9H3,(H,34,37)(H,35,38,39)/b25-10+,27-18+. The Kier molecular flexibility index (Phi) is 9.13. The van der Waals surface area contributed by atoms with Crippen LogP contribution in [0.15, 0.2) is 73.9 Å². The SMILES string of the molecule is C=C/C(=C\C(=C/C)c1cnc2n[nH]c(C(=C)Nc3ccnc(N4CCN(C)CC4)c3C)c2c1)NC(=C)CC(C)(C)C. The molecular formula is C33H44N8. The Bertz CT molecular complexity index is 1490. The van der Waals surface area contributed by atoms with Crippen LogP contribution in [0.5, 0.6) is 0 Å². The highest BCUT2D eigenvalue weighted by atomic mass is 15.3. The number of fused-ring (bicyclic) bond motifs is 1. The third-order valence-electron chi connectivity index (χ3n) is 7.22. The van der Waals surface area contributed by atoms with Gasteiger partial charge in [0, 0.05) is 72.2 Å². The number of likely N-dealkylation sites (N-methyl/N-ethyl adjacent to an activating group) is 1. The van der Waals surface area contributed by atoms with Crippen LogP contribution >= 0.6 is 0 Å². The molecule has 4 heterocycles. The lowest BCUT2D eigenvalue weighted by molar-refractivity contribution is 0.312. The second kappa shape index (κ2) is 12.6. The van der Waals surface area contributed by atoms with Crippen molar-refractivity contribution in [3.8, 4) is 0 Å². The molecule has 1 fully saturated rings. The molecule has 4 rings (SSSR count). The minimum atomic E-state index is 0.143. The number of anilines is 2. The summed E-state index contributed by atoms with van der Waals surface area (Å²) in [5.74, 6) is 1.01. The second-order valence-corrected chi connectivity index (χ2v) is 11.9. The van der Waals surface area contributed by atoms with Crippen molar-refractivity contribution >= 4 is 33.8 Å². The first kappa shape index (κ1) is 29.8. The molecule has 0 radical (unpaired) electrons. The van der Waals surface area contributed by atoms with Crippen molar-refractivity contribution < 1.29 is 0 Å². The fraction of sp³-hybridized carbons (Fsp3) is 0.364. The molecule has 1 aliphatic rings. The summed E-state index contributed by atoms with van der Waals surface area (Å²) < 4.78 is 0. The first-order chi connectivity index (χ1) is 19.5. The molecule has 0 unspecified atom stereocenters. The topological polar surface area (TPSA) is 85.0 Å². The molecule has 8 heteroatoms. The molecule has 1 saturated heterocycles. The predicted molar refractivity (Wildman–Crippen MR) is 174 cm³/mol. The van der Waals surface area contributed by atoms with Crippen LogP contribution < -0.4 is 15.5 Å². The Hall–Kier alpha value is -4.17. The molecule has 0 amide bonds. The van der Waals surface area contributed by atoms with Crippen LogP contribution in [-0.2, 0) is 0 Å². The number of piperazine rings is 1. The number of aromatic nitrogens is 4. The van der Waals surface area contributed by atoms with Gasteiger partial charge in [-0.05, 0) is 62.6 Å². The smallest absolute Gasteiger partial charge is 0.181 e. The van der Waals surface area contributed by atoms with Gasteiger partial charge in [0.25, 0.3) is 0 Å². The molecule has 0 bridgehead atoms. The summed E-state index contributed by atoms with van der Waals surface area (Å²) in [7, 11) is 2.16. The van der Waals surface area contributed by atoms with Gasteiger partial charge in [0.1, 0.15) is 5.82 Å². The van der Waals surface area contributed by atoms with Crippen molar-refractivity contribution in [3.63, 3.8) is 0 Å². The van der Waals surface area contributed by atoms with Gasteiger partial charge in [-0.3, -0.25) is 5.10 Å². The van der Waals surface area contributed by atoms with E-state index in [-0.39, 0.29) is 5.41 Å². The summed E-state index contributed by atoms with van der Waals surface area (Å²) >= 11 is 0. The maximum Gasteiger partial charge on any atom is 0.181 e. The molecule has 0 aliphatic carbocycles. The third-order valence-corrected chi connectivity index (χ3v) is 7.22. The van der Waals surface area contributed by atoms with Crippen molar-refractivity contribution in [2.45, 2.75) is 41.0 Å². The third kappa shape index (κ3) is 7.32. The molecule has 216 valence electrons. The molecular weight excluding hydrogens is 508 g/mol. The fourth-order valence-corrected chi connectivity index (χ4v) is 5.05. The molecule has 8 nitrogen and oxygen atoms in total.